The van der Waals surface area contributed by atoms with Crippen molar-refractivity contribution in [1.29, 1.82) is 0 Å². The highest BCUT2D eigenvalue weighted by Crippen LogP contribution is 2.24. The van der Waals surface area contributed by atoms with Crippen LogP contribution in [0.3, 0.4) is 0 Å². The predicted molar refractivity (Wildman–Crippen MR) is 43.7 cm³/mol. The summed E-state index contributed by atoms with van der Waals surface area (Å²) in [5.74, 6) is -0.428. The second-order valence-electron chi connectivity index (χ2n) is 2.11. The molecule has 12 heavy (non-hydrogen) atoms. The first-order valence-electron chi connectivity index (χ1n) is 3.33. The third-order valence-electron chi connectivity index (χ3n) is 1.40. The fraction of sp³-hybridized carbons (Fsp3) is 0.125. The van der Waals surface area contributed by atoms with Gasteiger partial charge in [-0.15, -0.1) is 0 Å². The van der Waals surface area contributed by atoms with E-state index in [1.807, 2.05) is 0 Å². The van der Waals surface area contributed by atoms with E-state index in [1.54, 1.807) is 7.05 Å². The molecule has 3 nitrogen and oxygen atoms in total. The minimum atomic E-state index is -0.428. The van der Waals surface area contributed by atoms with Crippen LogP contribution in [0.25, 0.3) is 0 Å². The maximum atomic E-state index is 12.6. The second kappa shape index (κ2) is 3.64. The monoisotopic (exact) mass is 166 g/mol. The first-order chi connectivity index (χ1) is 5.77. The molecule has 62 valence electrons. The second-order valence-corrected chi connectivity index (χ2v) is 2.11. The number of nitrogens with one attached hydrogen (secondary N) is 1. The van der Waals surface area contributed by atoms with Gasteiger partial charge in [0.15, 0.2) is 0 Å². The smallest absolute Gasteiger partial charge is 0.240 e. The third-order valence-corrected chi connectivity index (χ3v) is 1.40. The molecule has 1 rings (SSSR count). The predicted octanol–water partition coefficient (Wildman–Crippen LogP) is 1.83. The van der Waals surface area contributed by atoms with Gasteiger partial charge in [-0.25, -0.2) is 9.18 Å². The Morgan fingerprint density at radius 2 is 2.33 bits per heavy atom. The van der Waals surface area contributed by atoms with Crippen LogP contribution in [0.4, 0.5) is 15.8 Å². The first-order valence-corrected chi connectivity index (χ1v) is 3.33. The van der Waals surface area contributed by atoms with Gasteiger partial charge in [0.25, 0.3) is 0 Å². The number of hydrogen-bond donors (Lipinski definition) is 1. The lowest BCUT2D eigenvalue weighted by atomic mass is 10.2. The number of anilines is 1. The van der Waals surface area contributed by atoms with Crippen LogP contribution in [0.15, 0.2) is 23.2 Å². The Bertz CT molecular complexity index is 332. The zero-order valence-corrected chi connectivity index (χ0v) is 6.47. The van der Waals surface area contributed by atoms with E-state index in [4.69, 9.17) is 0 Å². The number of benzene rings is 1. The number of hydrogen-bond acceptors (Lipinski definition) is 3. The van der Waals surface area contributed by atoms with Crippen molar-refractivity contribution in [3.8, 4) is 0 Å². The fourth-order valence-corrected chi connectivity index (χ4v) is 0.858. The zero-order valence-electron chi connectivity index (χ0n) is 6.47. The molecule has 0 saturated carbocycles. The molecule has 0 saturated heterocycles. The molecule has 0 fully saturated rings. The summed E-state index contributed by atoms with van der Waals surface area (Å²) in [5, 5.41) is 2.77. The van der Waals surface area contributed by atoms with Crippen molar-refractivity contribution in [2.24, 2.45) is 4.99 Å². The van der Waals surface area contributed by atoms with Gasteiger partial charge in [-0.1, -0.05) is 0 Å². The molecular weight excluding hydrogens is 159 g/mol. The molecule has 1 aromatic carbocycles. The van der Waals surface area contributed by atoms with E-state index in [9.17, 15) is 9.18 Å². The highest BCUT2D eigenvalue weighted by molar-refractivity contribution is 5.67. The maximum absolute atomic E-state index is 12.6. The minimum absolute atomic E-state index is 0.257. The minimum Gasteiger partial charge on any atom is -0.386 e. The van der Waals surface area contributed by atoms with Crippen molar-refractivity contribution < 1.29 is 9.18 Å². The molecular formula is C8H7FN2O. The van der Waals surface area contributed by atoms with Crippen LogP contribution in [0.5, 0.6) is 0 Å². The molecule has 0 heterocycles. The summed E-state index contributed by atoms with van der Waals surface area (Å²) in [7, 11) is 1.66. The van der Waals surface area contributed by atoms with Crippen molar-refractivity contribution in [2.45, 2.75) is 0 Å². The fourth-order valence-electron chi connectivity index (χ4n) is 0.858. The van der Waals surface area contributed by atoms with Crippen molar-refractivity contribution in [2.75, 3.05) is 12.4 Å². The van der Waals surface area contributed by atoms with Crippen LogP contribution >= 0.6 is 0 Å². The Morgan fingerprint density at radius 3 is 2.92 bits per heavy atom. The molecule has 0 aliphatic carbocycles. The molecule has 0 unspecified atom stereocenters. The van der Waals surface area contributed by atoms with Gasteiger partial charge in [-0.2, -0.15) is 4.99 Å². The van der Waals surface area contributed by atoms with Gasteiger partial charge in [0, 0.05) is 13.1 Å². The van der Waals surface area contributed by atoms with Crippen molar-refractivity contribution in [1.82, 2.24) is 0 Å². The third kappa shape index (κ3) is 1.68. The van der Waals surface area contributed by atoms with Crippen molar-refractivity contribution >= 4 is 17.5 Å². The lowest BCUT2D eigenvalue weighted by Crippen LogP contribution is -1.88. The summed E-state index contributed by atoms with van der Waals surface area (Å²) in [5.41, 5.74) is 0.854. The Kier molecular flexibility index (Phi) is 2.56. The van der Waals surface area contributed by atoms with Gasteiger partial charge in [0.1, 0.15) is 11.5 Å². The van der Waals surface area contributed by atoms with E-state index in [-0.39, 0.29) is 5.69 Å². The average molecular weight is 166 g/mol. The summed E-state index contributed by atoms with van der Waals surface area (Å²) in [4.78, 5) is 13.2. The average Bonchev–Trinajstić information content (AvgIpc) is 2.05. The molecule has 0 spiro atoms. The highest BCUT2D eigenvalue weighted by Gasteiger charge is 1.99. The SMILES string of the molecule is CNc1ccc(F)cc1N=C=O. The molecule has 0 radical (unpaired) electrons. The molecule has 0 bridgehead atoms. The van der Waals surface area contributed by atoms with E-state index in [0.717, 1.165) is 6.07 Å². The summed E-state index contributed by atoms with van der Waals surface area (Å²) in [6, 6.07) is 3.96. The van der Waals surface area contributed by atoms with E-state index < -0.39 is 5.82 Å². The Labute approximate surface area is 68.9 Å². The van der Waals surface area contributed by atoms with Gasteiger partial charge in [0.2, 0.25) is 6.08 Å². The topological polar surface area (TPSA) is 41.5 Å². The van der Waals surface area contributed by atoms with Crippen molar-refractivity contribution in [3.05, 3.63) is 24.0 Å². The quantitative estimate of drug-likeness (QED) is 0.538. The molecule has 0 aromatic heterocycles. The van der Waals surface area contributed by atoms with Crippen LogP contribution in [0.2, 0.25) is 0 Å². The van der Waals surface area contributed by atoms with Crippen LogP contribution in [-0.4, -0.2) is 13.1 Å². The van der Waals surface area contributed by atoms with Gasteiger partial charge in [-0.05, 0) is 12.1 Å². The largest absolute Gasteiger partial charge is 0.386 e. The number of halogens is 1. The summed E-state index contributed by atoms with van der Waals surface area (Å²) >= 11 is 0. The Morgan fingerprint density at radius 1 is 1.58 bits per heavy atom. The van der Waals surface area contributed by atoms with Gasteiger partial charge in [0.05, 0.1) is 5.69 Å². The van der Waals surface area contributed by atoms with Gasteiger partial charge in [-0.3, -0.25) is 0 Å². The lowest BCUT2D eigenvalue weighted by Gasteiger charge is -2.01. The first kappa shape index (κ1) is 8.43. The van der Waals surface area contributed by atoms with E-state index in [2.05, 4.69) is 10.3 Å². The number of aliphatic imine (C=N–C) groups is 1. The molecule has 0 aliphatic heterocycles. The normalized spacial score (nSPS) is 8.83. The molecule has 1 aromatic rings. The van der Waals surface area contributed by atoms with Crippen LogP contribution in [0, 0.1) is 5.82 Å². The molecule has 0 amide bonds. The maximum Gasteiger partial charge on any atom is 0.240 e. The number of rotatable bonds is 2. The summed E-state index contributed by atoms with van der Waals surface area (Å²) in [6.45, 7) is 0. The molecule has 0 aliphatic rings. The summed E-state index contributed by atoms with van der Waals surface area (Å²) < 4.78 is 12.6. The van der Waals surface area contributed by atoms with E-state index >= 15 is 0 Å². The van der Waals surface area contributed by atoms with Crippen molar-refractivity contribution in [3.63, 3.8) is 0 Å². The molecule has 1 N–H and O–H groups in total. The standard InChI is InChI=1S/C8H7FN2O/c1-10-7-3-2-6(9)4-8(7)11-5-12/h2-4,10H,1H3. The Hall–Kier alpha value is -1.67. The summed E-state index contributed by atoms with van der Waals surface area (Å²) in [6.07, 6.45) is 1.35. The molecule has 0 atom stereocenters. The van der Waals surface area contributed by atoms with Gasteiger partial charge >= 0.3 is 0 Å². The van der Waals surface area contributed by atoms with Gasteiger partial charge < -0.3 is 5.32 Å². The zero-order chi connectivity index (χ0) is 8.97. The number of isocyanates is 1. The highest BCUT2D eigenvalue weighted by atomic mass is 19.1. The lowest BCUT2D eigenvalue weighted by molar-refractivity contribution is 0.565. The van der Waals surface area contributed by atoms with E-state index in [1.165, 1.54) is 18.2 Å². The van der Waals surface area contributed by atoms with E-state index in [0.29, 0.717) is 5.69 Å². The Balaban J connectivity index is 3.20. The van der Waals surface area contributed by atoms with Crippen LogP contribution in [-0.2, 0) is 4.79 Å². The molecule has 4 heteroatoms. The number of nitrogens with zero attached hydrogens (tertiary/aromatic N) is 1. The van der Waals surface area contributed by atoms with Crippen LogP contribution in [0.1, 0.15) is 0 Å². The van der Waals surface area contributed by atoms with Crippen LogP contribution < -0.4 is 5.32 Å². The number of carbonyl (C=O) groups excluding carboxylic acids is 1.